The molecule has 1 fully saturated rings. The lowest BCUT2D eigenvalue weighted by Crippen LogP contribution is -2.53. The average Bonchev–Trinajstić information content (AvgIpc) is 3.02. The molecule has 7 heteroatoms. The van der Waals surface area contributed by atoms with Crippen molar-refractivity contribution >= 4 is 23.2 Å². The third kappa shape index (κ3) is 3.98. The fourth-order valence-electron chi connectivity index (χ4n) is 2.65. The van der Waals surface area contributed by atoms with Gasteiger partial charge in [-0.25, -0.2) is 9.78 Å². The van der Waals surface area contributed by atoms with Gasteiger partial charge in [-0.1, -0.05) is 30.3 Å². The van der Waals surface area contributed by atoms with E-state index in [0.717, 1.165) is 11.4 Å². The predicted molar refractivity (Wildman–Crippen MR) is 89.0 cm³/mol. The molecule has 1 saturated heterocycles. The molecule has 1 amide bonds. The van der Waals surface area contributed by atoms with E-state index in [4.69, 9.17) is 4.74 Å². The Morgan fingerprint density at radius 2 is 2.12 bits per heavy atom. The summed E-state index contributed by atoms with van der Waals surface area (Å²) < 4.78 is 5.16. The molecule has 1 N–H and O–H groups in total. The summed E-state index contributed by atoms with van der Waals surface area (Å²) in [6.45, 7) is 0.708. The van der Waals surface area contributed by atoms with E-state index in [0.29, 0.717) is 18.8 Å². The zero-order chi connectivity index (χ0) is 16.9. The van der Waals surface area contributed by atoms with Crippen molar-refractivity contribution in [2.45, 2.75) is 18.9 Å². The summed E-state index contributed by atoms with van der Waals surface area (Å²) in [5.74, 6) is -1.26. The largest absolute Gasteiger partial charge is 0.480 e. The summed E-state index contributed by atoms with van der Waals surface area (Å²) in [5, 5.41) is 12.0. The number of carboxylic acid groups (broad SMARTS) is 1. The Morgan fingerprint density at radius 3 is 2.88 bits per heavy atom. The van der Waals surface area contributed by atoms with E-state index >= 15 is 0 Å². The van der Waals surface area contributed by atoms with Crippen LogP contribution in [0.3, 0.4) is 0 Å². The number of aromatic nitrogens is 1. The van der Waals surface area contributed by atoms with Crippen LogP contribution in [0.4, 0.5) is 0 Å². The number of carbonyl (C=O) groups is 2. The molecule has 24 heavy (non-hydrogen) atoms. The first kappa shape index (κ1) is 16.6. The number of benzene rings is 1. The van der Waals surface area contributed by atoms with Crippen LogP contribution in [0.5, 0.6) is 0 Å². The van der Waals surface area contributed by atoms with Crippen LogP contribution >= 0.6 is 11.3 Å². The van der Waals surface area contributed by atoms with E-state index in [1.165, 1.54) is 21.8 Å². The molecule has 2 aromatic rings. The predicted octanol–water partition coefficient (Wildman–Crippen LogP) is 1.59. The molecule has 1 aromatic carbocycles. The number of carboxylic acids is 1. The summed E-state index contributed by atoms with van der Waals surface area (Å²) in [5.41, 5.74) is 1.86. The van der Waals surface area contributed by atoms with Gasteiger partial charge in [-0.2, -0.15) is 0 Å². The molecule has 0 aliphatic carbocycles. The molecule has 0 spiro atoms. The van der Waals surface area contributed by atoms with Gasteiger partial charge in [-0.3, -0.25) is 4.79 Å². The van der Waals surface area contributed by atoms with Crippen LogP contribution in [0.15, 0.2) is 35.7 Å². The zero-order valence-corrected chi connectivity index (χ0v) is 13.9. The molecule has 1 aliphatic heterocycles. The number of rotatable bonds is 5. The number of carbonyl (C=O) groups excluding carboxylic acids is 1. The van der Waals surface area contributed by atoms with Gasteiger partial charge in [0.15, 0.2) is 6.04 Å². The van der Waals surface area contributed by atoms with Crippen molar-refractivity contribution in [1.29, 1.82) is 0 Å². The van der Waals surface area contributed by atoms with E-state index < -0.39 is 12.0 Å². The Labute approximate surface area is 143 Å². The maximum atomic E-state index is 12.4. The van der Waals surface area contributed by atoms with E-state index in [9.17, 15) is 14.7 Å². The van der Waals surface area contributed by atoms with Gasteiger partial charge in [0.25, 0.3) is 0 Å². The second-order valence-corrected chi connectivity index (χ2v) is 6.53. The second kappa shape index (κ2) is 7.55. The van der Waals surface area contributed by atoms with Crippen molar-refractivity contribution in [3.8, 4) is 0 Å². The van der Waals surface area contributed by atoms with Gasteiger partial charge < -0.3 is 14.7 Å². The summed E-state index contributed by atoms with van der Waals surface area (Å²) in [7, 11) is 0. The molecule has 1 unspecified atom stereocenters. The highest BCUT2D eigenvalue weighted by molar-refractivity contribution is 7.09. The molecular formula is C17H18N2O4S. The van der Waals surface area contributed by atoms with Gasteiger partial charge in [0.1, 0.15) is 0 Å². The van der Waals surface area contributed by atoms with E-state index in [1.54, 1.807) is 0 Å². The zero-order valence-electron chi connectivity index (χ0n) is 13.1. The summed E-state index contributed by atoms with van der Waals surface area (Å²) in [6.07, 6.45) is 0.851. The highest BCUT2D eigenvalue weighted by Crippen LogP contribution is 2.17. The maximum absolute atomic E-state index is 12.4. The fraction of sp³-hybridized carbons (Fsp3) is 0.353. The number of ether oxygens (including phenoxy) is 1. The van der Waals surface area contributed by atoms with Crippen LogP contribution in [0, 0.1) is 0 Å². The minimum absolute atomic E-state index is 0.0391. The van der Waals surface area contributed by atoms with Gasteiger partial charge in [0.2, 0.25) is 5.91 Å². The number of hydrogen-bond acceptors (Lipinski definition) is 5. The smallest absolute Gasteiger partial charge is 0.328 e. The quantitative estimate of drug-likeness (QED) is 0.889. The number of nitrogens with zero attached hydrogens (tertiary/aromatic N) is 2. The van der Waals surface area contributed by atoms with E-state index in [2.05, 4.69) is 4.98 Å². The average molecular weight is 346 g/mol. The number of hydrogen-bond donors (Lipinski definition) is 1. The molecule has 126 valence electrons. The van der Waals surface area contributed by atoms with Crippen LogP contribution in [0.25, 0.3) is 0 Å². The Kier molecular flexibility index (Phi) is 5.22. The minimum Gasteiger partial charge on any atom is -0.480 e. The van der Waals surface area contributed by atoms with Crippen LogP contribution in [0.2, 0.25) is 0 Å². The Bertz CT molecular complexity index is 716. The Balaban J connectivity index is 1.63. The molecule has 1 atom stereocenters. The van der Waals surface area contributed by atoms with Crippen LogP contribution in [-0.2, 0) is 27.2 Å². The normalized spacial score (nSPS) is 17.7. The first-order chi connectivity index (χ1) is 11.6. The topological polar surface area (TPSA) is 79.7 Å². The van der Waals surface area contributed by atoms with Crippen molar-refractivity contribution < 1.29 is 19.4 Å². The van der Waals surface area contributed by atoms with Crippen LogP contribution < -0.4 is 0 Å². The summed E-state index contributed by atoms with van der Waals surface area (Å²) >= 11 is 1.52. The first-order valence-corrected chi connectivity index (χ1v) is 8.58. The molecule has 6 nitrogen and oxygen atoms in total. The van der Waals surface area contributed by atoms with E-state index in [-0.39, 0.29) is 18.9 Å². The van der Waals surface area contributed by atoms with Gasteiger partial charge in [-0.15, -0.1) is 11.3 Å². The highest BCUT2D eigenvalue weighted by Gasteiger charge is 2.32. The highest BCUT2D eigenvalue weighted by atomic mass is 32.1. The lowest BCUT2D eigenvalue weighted by molar-refractivity contribution is -0.158. The van der Waals surface area contributed by atoms with Crippen LogP contribution in [-0.4, -0.2) is 52.7 Å². The molecular weight excluding hydrogens is 328 g/mol. The molecule has 2 heterocycles. The Hall–Kier alpha value is -2.25. The van der Waals surface area contributed by atoms with E-state index in [1.807, 2.05) is 35.7 Å². The molecule has 0 bridgehead atoms. The first-order valence-electron chi connectivity index (χ1n) is 7.70. The molecule has 3 rings (SSSR count). The van der Waals surface area contributed by atoms with Crippen molar-refractivity contribution in [2.24, 2.45) is 0 Å². The third-order valence-electron chi connectivity index (χ3n) is 3.86. The summed E-state index contributed by atoms with van der Waals surface area (Å²) in [6, 6.07) is 9.11. The Morgan fingerprint density at radius 1 is 1.33 bits per heavy atom. The van der Waals surface area contributed by atoms with Crippen molar-refractivity contribution in [3.05, 3.63) is 52.0 Å². The third-order valence-corrected chi connectivity index (χ3v) is 4.76. The molecule has 1 aliphatic rings. The van der Waals surface area contributed by atoms with Crippen LogP contribution in [0.1, 0.15) is 16.3 Å². The monoisotopic (exact) mass is 346 g/mol. The number of morpholine rings is 1. The van der Waals surface area contributed by atoms with Crippen molar-refractivity contribution in [2.75, 3.05) is 19.8 Å². The van der Waals surface area contributed by atoms with Gasteiger partial charge >= 0.3 is 5.97 Å². The second-order valence-electron chi connectivity index (χ2n) is 5.59. The van der Waals surface area contributed by atoms with Gasteiger partial charge in [0, 0.05) is 18.3 Å². The van der Waals surface area contributed by atoms with Crippen molar-refractivity contribution in [3.63, 3.8) is 0 Å². The number of thiazole rings is 1. The maximum Gasteiger partial charge on any atom is 0.328 e. The SMILES string of the molecule is O=C(O)C1COCCN1C(=O)Cc1csc(Cc2ccccc2)n1. The molecule has 0 radical (unpaired) electrons. The molecule has 1 aromatic heterocycles. The lowest BCUT2D eigenvalue weighted by atomic mass is 10.1. The fourth-order valence-corrected chi connectivity index (χ4v) is 3.47. The lowest BCUT2D eigenvalue weighted by Gasteiger charge is -2.32. The summed E-state index contributed by atoms with van der Waals surface area (Å²) in [4.78, 5) is 29.5. The minimum atomic E-state index is -1.04. The number of aliphatic carboxylic acids is 1. The van der Waals surface area contributed by atoms with Crippen molar-refractivity contribution in [1.82, 2.24) is 9.88 Å². The van der Waals surface area contributed by atoms with Gasteiger partial charge in [-0.05, 0) is 5.56 Å². The molecule has 0 saturated carbocycles. The standard InChI is InChI=1S/C17H18N2O4S/c20-16(19-6-7-23-10-14(19)17(21)22)9-13-11-24-15(18-13)8-12-4-2-1-3-5-12/h1-5,11,14H,6-10H2,(H,21,22). The number of amides is 1. The van der Waals surface area contributed by atoms with Gasteiger partial charge in [0.05, 0.1) is 30.3 Å².